The van der Waals surface area contributed by atoms with E-state index >= 15 is 0 Å². The minimum absolute atomic E-state index is 0. The monoisotopic (exact) mass is 498 g/mol. The van der Waals surface area contributed by atoms with Crippen LogP contribution >= 0.6 is 0 Å². The molecule has 2 amide bonds. The predicted octanol–water partition coefficient (Wildman–Crippen LogP) is 3.13. The summed E-state index contributed by atoms with van der Waals surface area (Å²) in [6.07, 6.45) is 9.54. The highest BCUT2D eigenvalue weighted by atomic mass is 32.2. The van der Waals surface area contributed by atoms with E-state index in [2.05, 4.69) is 15.6 Å². The van der Waals surface area contributed by atoms with Gasteiger partial charge in [0.2, 0.25) is 27.8 Å². The maximum atomic E-state index is 13.2. The van der Waals surface area contributed by atoms with Crippen molar-refractivity contribution in [2.75, 3.05) is 12.3 Å². The summed E-state index contributed by atoms with van der Waals surface area (Å²) in [7, 11) is -3.56. The van der Waals surface area contributed by atoms with E-state index in [4.69, 9.17) is 0 Å². The average Bonchev–Trinajstić information content (AvgIpc) is 2.83. The first-order valence-corrected chi connectivity index (χ1v) is 14.1. The zero-order valence-electron chi connectivity index (χ0n) is 20.0. The molecule has 1 aromatic heterocycles. The molecule has 8 nitrogen and oxygen atoms in total. The molecule has 1 saturated heterocycles. The van der Waals surface area contributed by atoms with Gasteiger partial charge in [-0.3, -0.25) is 9.59 Å². The highest BCUT2D eigenvalue weighted by Gasteiger charge is 2.39. The topological polar surface area (TPSA) is 108 Å². The van der Waals surface area contributed by atoms with Gasteiger partial charge in [-0.05, 0) is 49.7 Å². The van der Waals surface area contributed by atoms with Gasteiger partial charge in [-0.1, -0.05) is 45.1 Å². The molecule has 0 bridgehead atoms. The van der Waals surface area contributed by atoms with Crippen molar-refractivity contribution in [1.29, 1.82) is 0 Å². The lowest BCUT2D eigenvalue weighted by atomic mass is 9.91. The second kappa shape index (κ2) is 12.6. The largest absolute Gasteiger partial charge is 0.350 e. The van der Waals surface area contributed by atoms with E-state index in [-0.39, 0.29) is 25.5 Å². The Hall–Kier alpha value is -2.07. The van der Waals surface area contributed by atoms with Gasteiger partial charge in [0.05, 0.1) is 5.75 Å². The fourth-order valence-electron chi connectivity index (χ4n) is 4.90. The summed E-state index contributed by atoms with van der Waals surface area (Å²) in [5, 5.41) is 5.57. The van der Waals surface area contributed by atoms with Gasteiger partial charge in [0.25, 0.3) is 0 Å². The predicted molar refractivity (Wildman–Crippen MR) is 130 cm³/mol. The van der Waals surface area contributed by atoms with E-state index in [1.54, 1.807) is 0 Å². The number of rotatable bonds is 10. The van der Waals surface area contributed by atoms with Crippen LogP contribution in [-0.2, 0) is 26.2 Å². The molecule has 1 saturated carbocycles. The number of nitrogens with one attached hydrogen (secondary N) is 2. The Balaban J connectivity index is 0.00000432. The molecule has 1 aromatic rings. The number of hydrogen-bond donors (Lipinski definition) is 2. The highest BCUT2D eigenvalue weighted by molar-refractivity contribution is 7.89. The Morgan fingerprint density at radius 2 is 1.91 bits per heavy atom. The Bertz CT molecular complexity index is 926. The number of pyridine rings is 1. The maximum absolute atomic E-state index is 13.2. The molecule has 0 aromatic carbocycles. The van der Waals surface area contributed by atoms with Crippen LogP contribution in [0.15, 0.2) is 18.3 Å². The molecule has 192 valence electrons. The van der Waals surface area contributed by atoms with Gasteiger partial charge < -0.3 is 10.6 Å². The van der Waals surface area contributed by atoms with Gasteiger partial charge in [0.15, 0.2) is 0 Å². The first-order chi connectivity index (χ1) is 16.3. The van der Waals surface area contributed by atoms with Crippen LogP contribution in [0.25, 0.3) is 0 Å². The molecule has 0 spiro atoms. The number of nitrogens with zero attached hydrogens (tertiary/aromatic N) is 2. The number of amides is 2. The van der Waals surface area contributed by atoms with Crippen LogP contribution in [0.2, 0.25) is 0 Å². The molecule has 2 aliphatic rings. The highest BCUT2D eigenvalue weighted by Crippen LogP contribution is 2.28. The van der Waals surface area contributed by atoms with Crippen molar-refractivity contribution in [2.45, 2.75) is 89.8 Å². The molecule has 34 heavy (non-hydrogen) atoms. The van der Waals surface area contributed by atoms with Crippen LogP contribution in [-0.4, -0.2) is 53.9 Å². The lowest BCUT2D eigenvalue weighted by Gasteiger charge is -2.35. The average molecular weight is 499 g/mol. The second-order valence-electron chi connectivity index (χ2n) is 9.46. The van der Waals surface area contributed by atoms with Gasteiger partial charge >= 0.3 is 0 Å². The minimum Gasteiger partial charge on any atom is -0.350 e. The van der Waals surface area contributed by atoms with E-state index < -0.39 is 34.0 Å². The van der Waals surface area contributed by atoms with Gasteiger partial charge in [-0.15, -0.1) is 0 Å². The van der Waals surface area contributed by atoms with E-state index in [9.17, 15) is 22.4 Å². The number of carbonyl (C=O) groups is 2. The lowest BCUT2D eigenvalue weighted by molar-refractivity contribution is -0.131. The first kappa shape index (κ1) is 26.5. The Kier molecular flexibility index (Phi) is 9.82. The molecule has 10 heteroatoms. The van der Waals surface area contributed by atoms with Crippen LogP contribution < -0.4 is 10.6 Å². The molecule has 2 N–H and O–H groups in total. The van der Waals surface area contributed by atoms with Crippen LogP contribution in [0.5, 0.6) is 0 Å². The Morgan fingerprint density at radius 1 is 1.18 bits per heavy atom. The molecule has 1 aliphatic heterocycles. The number of hydrogen-bond acceptors (Lipinski definition) is 5. The summed E-state index contributed by atoms with van der Waals surface area (Å²) >= 11 is 0. The summed E-state index contributed by atoms with van der Waals surface area (Å²) in [6, 6.07) is 1.21. The van der Waals surface area contributed by atoms with Crippen molar-refractivity contribution in [3.05, 3.63) is 29.8 Å². The zero-order valence-corrected chi connectivity index (χ0v) is 20.8. The third kappa shape index (κ3) is 7.46. The first-order valence-electron chi connectivity index (χ1n) is 12.5. The van der Waals surface area contributed by atoms with E-state index in [1.807, 2.05) is 6.92 Å². The van der Waals surface area contributed by atoms with Crippen LogP contribution in [0.1, 0.15) is 78.1 Å². The fraction of sp³-hybridized carbons (Fsp3) is 0.708. The standard InChI is InChI=1S/C24H37FN4O4S.H2/c1-2-8-20(23(30)27-16-19-12-13-22(25)26-15-19)28-24(31)21-11-6-7-14-29(21)34(32,33)17-18-9-4-3-5-10-18;/h12-13,15,18,20-21H,2-11,14,16-17H2,1H3,(H,27,30)(H,28,31);1H. The fourth-order valence-corrected chi connectivity index (χ4v) is 7.01. The molecule has 3 rings (SSSR count). The SMILES string of the molecule is CCCC(NC(=O)C1CCCCN1S(=O)(=O)CC1CCCCC1)C(=O)NCc1ccc(F)nc1.[HH]. The third-order valence-corrected chi connectivity index (χ3v) is 8.79. The van der Waals surface area contributed by atoms with Gasteiger partial charge in [-0.2, -0.15) is 8.70 Å². The number of sulfonamides is 1. The summed E-state index contributed by atoms with van der Waals surface area (Å²) in [5.74, 6) is -1.11. The van der Waals surface area contributed by atoms with E-state index in [0.29, 0.717) is 31.4 Å². The number of piperidine rings is 1. The van der Waals surface area contributed by atoms with E-state index in [1.165, 1.54) is 22.6 Å². The van der Waals surface area contributed by atoms with Crippen molar-refractivity contribution in [3.63, 3.8) is 0 Å². The van der Waals surface area contributed by atoms with Crippen molar-refractivity contribution in [1.82, 2.24) is 19.9 Å². The number of halogens is 1. The molecular weight excluding hydrogens is 459 g/mol. The van der Waals surface area contributed by atoms with Gasteiger partial charge in [-0.25, -0.2) is 13.4 Å². The summed E-state index contributed by atoms with van der Waals surface area (Å²) in [6.45, 7) is 2.42. The number of aromatic nitrogens is 1. The van der Waals surface area contributed by atoms with E-state index in [0.717, 1.165) is 44.9 Å². The normalized spacial score (nSPS) is 21.1. The summed E-state index contributed by atoms with van der Waals surface area (Å²) in [4.78, 5) is 29.6. The van der Waals surface area contributed by atoms with Gasteiger partial charge in [0, 0.05) is 20.7 Å². The van der Waals surface area contributed by atoms with Crippen LogP contribution in [0.3, 0.4) is 0 Å². The Labute approximate surface area is 203 Å². The van der Waals surface area contributed by atoms with Gasteiger partial charge in [0.1, 0.15) is 12.1 Å². The van der Waals surface area contributed by atoms with Crippen LogP contribution in [0.4, 0.5) is 4.39 Å². The molecule has 2 fully saturated rings. The molecule has 2 atom stereocenters. The summed E-state index contributed by atoms with van der Waals surface area (Å²) < 4.78 is 40.8. The van der Waals surface area contributed by atoms with Crippen molar-refractivity contribution >= 4 is 21.8 Å². The molecule has 1 aliphatic carbocycles. The van der Waals surface area contributed by atoms with Crippen LogP contribution in [0, 0.1) is 11.9 Å². The molecule has 2 heterocycles. The van der Waals surface area contributed by atoms with Crippen molar-refractivity contribution in [3.8, 4) is 0 Å². The number of carbonyl (C=O) groups excluding carboxylic acids is 2. The Morgan fingerprint density at radius 3 is 2.59 bits per heavy atom. The summed E-state index contributed by atoms with van der Waals surface area (Å²) in [5.41, 5.74) is 0.642. The lowest BCUT2D eigenvalue weighted by Crippen LogP contribution is -2.56. The molecule has 0 radical (unpaired) electrons. The zero-order chi connectivity index (χ0) is 24.6. The second-order valence-corrected chi connectivity index (χ2v) is 11.4. The minimum atomic E-state index is -3.56. The molecule has 2 unspecified atom stereocenters. The van der Waals surface area contributed by atoms with Crippen molar-refractivity contribution in [2.24, 2.45) is 5.92 Å². The molecular formula is C24H39FN4O4S. The van der Waals surface area contributed by atoms with Crippen molar-refractivity contribution < 1.29 is 23.8 Å². The third-order valence-electron chi connectivity index (χ3n) is 6.75. The smallest absolute Gasteiger partial charge is 0.242 e. The quantitative estimate of drug-likeness (QED) is 0.482. The maximum Gasteiger partial charge on any atom is 0.242 e.